The molecule has 0 saturated heterocycles. The molecule has 0 rings (SSSR count). The third-order valence-corrected chi connectivity index (χ3v) is 14.0. The van der Waals surface area contributed by atoms with Gasteiger partial charge in [0.1, 0.15) is 13.2 Å². The lowest BCUT2D eigenvalue weighted by Crippen LogP contribution is -2.30. The largest absolute Gasteiger partial charge is 0.462 e. The van der Waals surface area contributed by atoms with Crippen molar-refractivity contribution in [2.24, 2.45) is 0 Å². The molecule has 0 aliphatic rings. The fraction of sp³-hybridized carbons (Fsp3) is 0.685. The van der Waals surface area contributed by atoms with Crippen molar-refractivity contribution in [2.75, 3.05) is 13.2 Å². The van der Waals surface area contributed by atoms with Gasteiger partial charge in [-0.1, -0.05) is 296 Å². The molecule has 0 saturated carbocycles. The molecule has 450 valence electrons. The molecule has 0 aliphatic carbocycles. The van der Waals surface area contributed by atoms with E-state index in [0.717, 1.165) is 103 Å². The average molecular weight is 1100 g/mol. The van der Waals surface area contributed by atoms with Crippen LogP contribution in [-0.2, 0) is 28.6 Å². The molecule has 0 aliphatic heterocycles. The molecule has 1 unspecified atom stereocenters. The van der Waals surface area contributed by atoms with Crippen molar-refractivity contribution in [1.82, 2.24) is 0 Å². The fourth-order valence-corrected chi connectivity index (χ4v) is 9.03. The first kappa shape index (κ1) is 74.8. The van der Waals surface area contributed by atoms with E-state index in [4.69, 9.17) is 14.2 Å². The normalized spacial score (nSPS) is 12.9. The Bertz CT molecular complexity index is 1640. The van der Waals surface area contributed by atoms with Crippen LogP contribution in [0.15, 0.2) is 122 Å². The maximum Gasteiger partial charge on any atom is 0.306 e. The third kappa shape index (κ3) is 64.5. The number of esters is 3. The Balaban J connectivity index is 4.17. The quantitative estimate of drug-likeness (QED) is 0.0261. The number of hydrogen-bond acceptors (Lipinski definition) is 6. The molecule has 0 N–H and O–H groups in total. The van der Waals surface area contributed by atoms with Gasteiger partial charge in [0, 0.05) is 19.3 Å². The van der Waals surface area contributed by atoms with Crippen LogP contribution in [0.5, 0.6) is 0 Å². The zero-order chi connectivity index (χ0) is 57.1. The third-order valence-electron chi connectivity index (χ3n) is 14.0. The molecule has 6 heteroatoms. The van der Waals surface area contributed by atoms with E-state index in [9.17, 15) is 14.4 Å². The number of unbranched alkanes of at least 4 members (excludes halogenated alkanes) is 28. The predicted octanol–water partition coefficient (Wildman–Crippen LogP) is 22.8. The summed E-state index contributed by atoms with van der Waals surface area (Å²) in [5.41, 5.74) is 0. The molecule has 0 aromatic rings. The monoisotopic (exact) mass is 1090 g/mol. The average Bonchev–Trinajstić information content (AvgIpc) is 3.45. The van der Waals surface area contributed by atoms with Gasteiger partial charge in [0.25, 0.3) is 0 Å². The van der Waals surface area contributed by atoms with E-state index in [0.29, 0.717) is 19.3 Å². The van der Waals surface area contributed by atoms with E-state index in [1.807, 2.05) is 0 Å². The van der Waals surface area contributed by atoms with Gasteiger partial charge >= 0.3 is 17.9 Å². The predicted molar refractivity (Wildman–Crippen MR) is 343 cm³/mol. The minimum absolute atomic E-state index is 0.101. The van der Waals surface area contributed by atoms with E-state index in [1.165, 1.54) is 154 Å². The SMILES string of the molecule is CC/C=C\C/C=C\C/C=C\C/C=C\C/C=C\C/C=C\C/C=C\CCCC(=O)OC(COC(=O)CCCCCCCCC)COC(=O)CCCCCCCCCCCCCCCCCC/C=C\C/C=C\C/C=C\CCCCCCC. The van der Waals surface area contributed by atoms with Crippen molar-refractivity contribution in [3.05, 3.63) is 122 Å². The molecule has 0 fully saturated rings. The zero-order valence-corrected chi connectivity index (χ0v) is 51.6. The van der Waals surface area contributed by atoms with Crippen molar-refractivity contribution < 1.29 is 28.6 Å². The number of carbonyl (C=O) groups is 3. The van der Waals surface area contributed by atoms with Gasteiger partial charge in [-0.15, -0.1) is 0 Å². The Morgan fingerprint density at radius 3 is 0.810 bits per heavy atom. The molecule has 0 heterocycles. The van der Waals surface area contributed by atoms with E-state index >= 15 is 0 Å². The maximum absolute atomic E-state index is 12.8. The lowest BCUT2D eigenvalue weighted by Gasteiger charge is -2.18. The first-order valence-electron chi connectivity index (χ1n) is 33.0. The van der Waals surface area contributed by atoms with Gasteiger partial charge in [-0.05, 0) is 109 Å². The van der Waals surface area contributed by atoms with Gasteiger partial charge in [-0.25, -0.2) is 0 Å². The van der Waals surface area contributed by atoms with Crippen LogP contribution < -0.4 is 0 Å². The highest BCUT2D eigenvalue weighted by Gasteiger charge is 2.19. The maximum atomic E-state index is 12.8. The summed E-state index contributed by atoms with van der Waals surface area (Å²) in [7, 11) is 0. The van der Waals surface area contributed by atoms with Gasteiger partial charge < -0.3 is 14.2 Å². The molecular weight excluding hydrogens is 973 g/mol. The Hall–Kier alpha value is -4.19. The smallest absolute Gasteiger partial charge is 0.306 e. The standard InChI is InChI=1S/C73H122O6/c1-4-7-10-13-16-18-20-22-24-26-28-30-32-33-34-35-36-37-38-39-41-42-44-46-48-50-52-54-57-60-63-66-72(75)78-69-70(68-77-71(74)65-62-59-56-15-12-9-6-3)79-73(76)67-64-61-58-55-53-51-49-47-45-43-40-31-29-27-25-23-21-19-17-14-11-8-5-2/h8,11,17,19-20,22-23,25-26,28-29,31-33,43,45,49,51,55,58,70H,4-7,9-10,12-16,18,21,24,27,30,34-42,44,46-48,50,52-54,56-57,59-69H2,1-3H3/b11-8-,19-17-,22-20-,25-23-,28-26-,31-29-,33-32-,45-43-,51-49-,58-55-. The van der Waals surface area contributed by atoms with Gasteiger partial charge in [0.05, 0.1) is 0 Å². The van der Waals surface area contributed by atoms with Crippen LogP contribution in [0, 0.1) is 0 Å². The van der Waals surface area contributed by atoms with Crippen molar-refractivity contribution >= 4 is 17.9 Å². The molecule has 0 bridgehead atoms. The fourth-order valence-electron chi connectivity index (χ4n) is 9.03. The molecule has 0 spiro atoms. The molecular formula is C73H122O6. The number of allylic oxidation sites excluding steroid dienone is 20. The van der Waals surface area contributed by atoms with Gasteiger partial charge in [0.15, 0.2) is 6.10 Å². The van der Waals surface area contributed by atoms with Crippen LogP contribution in [0.1, 0.15) is 303 Å². The summed E-state index contributed by atoms with van der Waals surface area (Å²) in [4.78, 5) is 38.1. The van der Waals surface area contributed by atoms with E-state index in [-0.39, 0.29) is 37.5 Å². The summed E-state index contributed by atoms with van der Waals surface area (Å²) in [5.74, 6) is -0.964. The van der Waals surface area contributed by atoms with E-state index in [1.54, 1.807) is 0 Å². The summed E-state index contributed by atoms with van der Waals surface area (Å²) in [5, 5.41) is 0. The van der Waals surface area contributed by atoms with E-state index < -0.39 is 6.10 Å². The van der Waals surface area contributed by atoms with Gasteiger partial charge in [-0.3, -0.25) is 14.4 Å². The Kier molecular flexibility index (Phi) is 62.8. The van der Waals surface area contributed by atoms with Crippen LogP contribution in [0.2, 0.25) is 0 Å². The van der Waals surface area contributed by atoms with Crippen LogP contribution in [0.3, 0.4) is 0 Å². The summed E-state index contributed by atoms with van der Waals surface area (Å²) in [6.07, 6.45) is 92.5. The van der Waals surface area contributed by atoms with Crippen LogP contribution in [0.4, 0.5) is 0 Å². The minimum atomic E-state index is -0.809. The molecule has 79 heavy (non-hydrogen) atoms. The summed E-state index contributed by atoms with van der Waals surface area (Å²) < 4.78 is 16.8. The van der Waals surface area contributed by atoms with Crippen molar-refractivity contribution in [3.63, 3.8) is 0 Å². The Labute approximate surface area is 488 Å². The van der Waals surface area contributed by atoms with Crippen molar-refractivity contribution in [3.8, 4) is 0 Å². The van der Waals surface area contributed by atoms with Gasteiger partial charge in [0.2, 0.25) is 0 Å². The van der Waals surface area contributed by atoms with Crippen molar-refractivity contribution in [1.29, 1.82) is 0 Å². The lowest BCUT2D eigenvalue weighted by molar-refractivity contribution is -0.167. The molecule has 0 aromatic carbocycles. The molecule has 0 radical (unpaired) electrons. The van der Waals surface area contributed by atoms with Crippen LogP contribution >= 0.6 is 0 Å². The lowest BCUT2D eigenvalue weighted by atomic mass is 10.0. The summed E-state index contributed by atoms with van der Waals surface area (Å²) in [6.45, 7) is 6.44. The molecule has 6 nitrogen and oxygen atoms in total. The van der Waals surface area contributed by atoms with Crippen LogP contribution in [0.25, 0.3) is 0 Å². The highest BCUT2D eigenvalue weighted by Crippen LogP contribution is 2.16. The highest BCUT2D eigenvalue weighted by molar-refractivity contribution is 5.71. The molecule has 1 atom stereocenters. The second kappa shape index (κ2) is 66.3. The van der Waals surface area contributed by atoms with Crippen LogP contribution in [-0.4, -0.2) is 37.2 Å². The Morgan fingerprint density at radius 1 is 0.266 bits per heavy atom. The van der Waals surface area contributed by atoms with Gasteiger partial charge in [-0.2, -0.15) is 0 Å². The number of ether oxygens (including phenoxy) is 3. The number of carbonyl (C=O) groups excluding carboxylic acids is 3. The summed E-state index contributed by atoms with van der Waals surface area (Å²) in [6, 6.07) is 0. The molecule has 0 aromatic heterocycles. The van der Waals surface area contributed by atoms with Crippen molar-refractivity contribution in [2.45, 2.75) is 309 Å². The number of hydrogen-bond donors (Lipinski definition) is 0. The second-order valence-electron chi connectivity index (χ2n) is 21.6. The first-order chi connectivity index (χ1) is 39.0. The summed E-state index contributed by atoms with van der Waals surface area (Å²) >= 11 is 0. The highest BCUT2D eigenvalue weighted by atomic mass is 16.6. The number of rotatable bonds is 59. The minimum Gasteiger partial charge on any atom is -0.462 e. The Morgan fingerprint density at radius 2 is 0.506 bits per heavy atom. The topological polar surface area (TPSA) is 78.9 Å². The van der Waals surface area contributed by atoms with E-state index in [2.05, 4.69) is 142 Å². The first-order valence-corrected chi connectivity index (χ1v) is 33.0. The molecule has 0 amide bonds. The second-order valence-corrected chi connectivity index (χ2v) is 21.6. The zero-order valence-electron chi connectivity index (χ0n) is 51.6.